The quantitative estimate of drug-likeness (QED) is 0.575. The van der Waals surface area contributed by atoms with Crippen molar-refractivity contribution in [2.24, 2.45) is 0 Å². The zero-order valence-electron chi connectivity index (χ0n) is 20.0. The van der Waals surface area contributed by atoms with Gasteiger partial charge < -0.3 is 9.80 Å². The number of anilines is 2. The van der Waals surface area contributed by atoms with E-state index in [9.17, 15) is 4.79 Å². The van der Waals surface area contributed by atoms with Crippen LogP contribution < -0.4 is 9.80 Å². The third kappa shape index (κ3) is 4.00. The Morgan fingerprint density at radius 1 is 0.971 bits per heavy atom. The Morgan fingerprint density at radius 2 is 1.82 bits per heavy atom. The molecule has 3 fully saturated rings. The molecule has 3 aliphatic heterocycles. The van der Waals surface area contributed by atoms with Gasteiger partial charge in [0.25, 0.3) is 0 Å². The molecule has 3 aromatic rings. The zero-order chi connectivity index (χ0) is 23.1. The Hall–Kier alpha value is -3.12. The lowest BCUT2D eigenvalue weighted by Crippen LogP contribution is -2.47. The minimum absolute atomic E-state index is 0.189. The molecule has 0 bridgehead atoms. The van der Waals surface area contributed by atoms with Gasteiger partial charge in [-0.1, -0.05) is 18.2 Å². The van der Waals surface area contributed by atoms with Crippen molar-refractivity contribution in [2.45, 2.75) is 32.2 Å². The lowest BCUT2D eigenvalue weighted by molar-refractivity contribution is 0.219. The van der Waals surface area contributed by atoms with Crippen LogP contribution in [0, 0.1) is 6.92 Å². The van der Waals surface area contributed by atoms with Crippen molar-refractivity contribution in [1.82, 2.24) is 14.8 Å². The van der Waals surface area contributed by atoms with Gasteiger partial charge in [-0.05, 0) is 68.1 Å². The van der Waals surface area contributed by atoms with Gasteiger partial charge in [0, 0.05) is 68.3 Å². The largest absolute Gasteiger partial charge is 0.368 e. The summed E-state index contributed by atoms with van der Waals surface area (Å²) in [6, 6.07) is 20.0. The fourth-order valence-electron chi connectivity index (χ4n) is 5.83. The molecule has 1 aromatic heterocycles. The van der Waals surface area contributed by atoms with Crippen LogP contribution in [0.5, 0.6) is 0 Å². The molecule has 0 spiro atoms. The number of carbonyl (C=O) groups is 1. The standard InChI is InChI=1S/C28H33N5O/c1-21-10-11-25-26(29-21)8-3-9-27(25)31-17-15-30(16-18-31)14-12-22-5-2-6-23(19-22)33-20-24-7-4-13-32(24)28(33)34/h2-3,5-6,8-11,19,24H,4,7,12-18,20H2,1H3/t24-/m0/s1. The molecule has 2 amide bonds. The molecule has 0 radical (unpaired) electrons. The van der Waals surface area contributed by atoms with Gasteiger partial charge >= 0.3 is 6.03 Å². The molecule has 6 rings (SSSR count). The molecule has 3 saturated heterocycles. The van der Waals surface area contributed by atoms with E-state index in [0.717, 1.165) is 82.0 Å². The topological polar surface area (TPSA) is 42.9 Å². The number of urea groups is 1. The van der Waals surface area contributed by atoms with Crippen molar-refractivity contribution >= 4 is 28.3 Å². The third-order valence-electron chi connectivity index (χ3n) is 7.75. The van der Waals surface area contributed by atoms with Gasteiger partial charge in [-0.3, -0.25) is 14.8 Å². The van der Waals surface area contributed by atoms with Crippen LogP contribution in [0.3, 0.4) is 0 Å². The summed E-state index contributed by atoms with van der Waals surface area (Å²) in [5.41, 5.74) is 5.81. The molecule has 0 unspecified atom stereocenters. The van der Waals surface area contributed by atoms with Crippen LogP contribution >= 0.6 is 0 Å². The highest BCUT2D eigenvalue weighted by Crippen LogP contribution is 2.31. The number of amides is 2. The minimum atomic E-state index is 0.189. The molecule has 34 heavy (non-hydrogen) atoms. The van der Waals surface area contributed by atoms with Crippen LogP contribution in [-0.2, 0) is 6.42 Å². The molecule has 6 heteroatoms. The second-order valence-electron chi connectivity index (χ2n) is 9.93. The van der Waals surface area contributed by atoms with Crippen LogP contribution in [0.1, 0.15) is 24.1 Å². The number of fused-ring (bicyclic) bond motifs is 2. The number of aromatic nitrogens is 1. The molecule has 1 atom stereocenters. The van der Waals surface area contributed by atoms with Gasteiger partial charge in [-0.15, -0.1) is 0 Å². The minimum Gasteiger partial charge on any atom is -0.368 e. The van der Waals surface area contributed by atoms with E-state index < -0.39 is 0 Å². The number of aryl methyl sites for hydroxylation is 1. The summed E-state index contributed by atoms with van der Waals surface area (Å²) in [6.45, 7) is 9.06. The lowest BCUT2D eigenvalue weighted by Gasteiger charge is -2.36. The van der Waals surface area contributed by atoms with E-state index in [2.05, 4.69) is 69.3 Å². The summed E-state index contributed by atoms with van der Waals surface area (Å²) in [4.78, 5) is 26.6. The van der Waals surface area contributed by atoms with Gasteiger partial charge in [0.05, 0.1) is 11.6 Å². The third-order valence-corrected chi connectivity index (χ3v) is 7.75. The van der Waals surface area contributed by atoms with E-state index >= 15 is 0 Å². The van der Waals surface area contributed by atoms with Gasteiger partial charge in [-0.25, -0.2) is 4.79 Å². The highest BCUT2D eigenvalue weighted by atomic mass is 16.2. The number of carbonyl (C=O) groups excluding carboxylic acids is 1. The van der Waals surface area contributed by atoms with Crippen molar-refractivity contribution < 1.29 is 4.79 Å². The summed E-state index contributed by atoms with van der Waals surface area (Å²) in [5, 5.41) is 1.25. The van der Waals surface area contributed by atoms with Gasteiger partial charge in [0.2, 0.25) is 0 Å². The van der Waals surface area contributed by atoms with E-state index in [1.807, 2.05) is 11.8 Å². The number of hydrogen-bond donors (Lipinski definition) is 0. The summed E-state index contributed by atoms with van der Waals surface area (Å²) in [7, 11) is 0. The van der Waals surface area contributed by atoms with Crippen LogP contribution in [0.4, 0.5) is 16.2 Å². The highest BCUT2D eigenvalue weighted by molar-refractivity contribution is 5.95. The number of hydrogen-bond acceptors (Lipinski definition) is 4. The van der Waals surface area contributed by atoms with Crippen molar-refractivity contribution in [1.29, 1.82) is 0 Å². The van der Waals surface area contributed by atoms with Crippen molar-refractivity contribution in [3.05, 3.63) is 65.9 Å². The Labute approximate surface area is 201 Å². The summed E-state index contributed by atoms with van der Waals surface area (Å²) >= 11 is 0. The van der Waals surface area contributed by atoms with Crippen LogP contribution in [0.2, 0.25) is 0 Å². The fraction of sp³-hybridized carbons (Fsp3) is 0.429. The number of nitrogens with zero attached hydrogens (tertiary/aromatic N) is 5. The first-order chi connectivity index (χ1) is 16.7. The van der Waals surface area contributed by atoms with Crippen LogP contribution in [0.15, 0.2) is 54.6 Å². The smallest absolute Gasteiger partial charge is 0.324 e. The Morgan fingerprint density at radius 3 is 2.68 bits per heavy atom. The number of piperazine rings is 1. The first kappa shape index (κ1) is 21.4. The molecule has 176 valence electrons. The van der Waals surface area contributed by atoms with Crippen molar-refractivity contribution in [3.8, 4) is 0 Å². The van der Waals surface area contributed by atoms with Crippen LogP contribution in [0.25, 0.3) is 10.9 Å². The second-order valence-corrected chi connectivity index (χ2v) is 9.93. The summed E-state index contributed by atoms with van der Waals surface area (Å²) in [6.07, 6.45) is 3.30. The van der Waals surface area contributed by atoms with Gasteiger partial charge in [0.1, 0.15) is 0 Å². The molecular formula is C28H33N5O. The number of pyridine rings is 1. The zero-order valence-corrected chi connectivity index (χ0v) is 20.0. The molecule has 0 saturated carbocycles. The van der Waals surface area contributed by atoms with E-state index in [4.69, 9.17) is 4.98 Å². The molecular weight excluding hydrogens is 422 g/mol. The molecule has 0 N–H and O–H groups in total. The Bertz CT molecular complexity index is 1200. The van der Waals surface area contributed by atoms with Crippen LogP contribution in [-0.4, -0.2) is 72.7 Å². The monoisotopic (exact) mass is 455 g/mol. The summed E-state index contributed by atoms with van der Waals surface area (Å²) < 4.78 is 0. The average molecular weight is 456 g/mol. The normalized spacial score (nSPS) is 21.0. The highest BCUT2D eigenvalue weighted by Gasteiger charge is 2.40. The van der Waals surface area contributed by atoms with E-state index in [-0.39, 0.29) is 6.03 Å². The van der Waals surface area contributed by atoms with E-state index in [0.29, 0.717) is 6.04 Å². The predicted octanol–water partition coefficient (Wildman–Crippen LogP) is 4.31. The maximum atomic E-state index is 12.8. The van der Waals surface area contributed by atoms with Crippen molar-refractivity contribution in [2.75, 3.05) is 55.6 Å². The first-order valence-corrected chi connectivity index (χ1v) is 12.7. The van der Waals surface area contributed by atoms with Gasteiger partial charge in [0.15, 0.2) is 0 Å². The fourth-order valence-corrected chi connectivity index (χ4v) is 5.83. The number of rotatable bonds is 5. The molecule has 3 aliphatic rings. The Kier molecular flexibility index (Phi) is 5.61. The Balaban J connectivity index is 1.06. The maximum absolute atomic E-state index is 12.8. The van der Waals surface area contributed by atoms with Gasteiger partial charge in [-0.2, -0.15) is 0 Å². The SMILES string of the molecule is Cc1ccc2c(N3CCN(CCc4cccc(N5C[C@@H]6CCCN6C5=O)c4)CC3)cccc2n1. The second kappa shape index (κ2) is 8.91. The van der Waals surface area contributed by atoms with E-state index in [1.165, 1.54) is 16.6 Å². The predicted molar refractivity (Wildman–Crippen MR) is 138 cm³/mol. The molecule has 6 nitrogen and oxygen atoms in total. The summed E-state index contributed by atoms with van der Waals surface area (Å²) in [5.74, 6) is 0. The average Bonchev–Trinajstić information content (AvgIpc) is 3.45. The molecule has 0 aliphatic carbocycles. The first-order valence-electron chi connectivity index (χ1n) is 12.7. The van der Waals surface area contributed by atoms with Crippen molar-refractivity contribution in [3.63, 3.8) is 0 Å². The number of benzene rings is 2. The van der Waals surface area contributed by atoms with E-state index in [1.54, 1.807) is 0 Å². The maximum Gasteiger partial charge on any atom is 0.324 e. The lowest BCUT2D eigenvalue weighted by atomic mass is 10.1. The molecule has 4 heterocycles. The molecule has 2 aromatic carbocycles.